The molecule has 0 saturated carbocycles. The van der Waals surface area contributed by atoms with Gasteiger partial charge in [0.15, 0.2) is 6.10 Å². The molecule has 0 heterocycles. The molecule has 0 bridgehead atoms. The lowest BCUT2D eigenvalue weighted by atomic mass is 10.1. The van der Waals surface area contributed by atoms with E-state index in [4.69, 9.17) is 4.74 Å². The monoisotopic (exact) mass is 264 g/mol. The molecule has 19 heavy (non-hydrogen) atoms. The van der Waals surface area contributed by atoms with Gasteiger partial charge in [-0.15, -0.1) is 0 Å². The van der Waals surface area contributed by atoms with Crippen LogP contribution in [-0.4, -0.2) is 17.2 Å². The Morgan fingerprint density at radius 1 is 1.16 bits per heavy atom. The average molecular weight is 264 g/mol. The molecule has 0 aromatic heterocycles. The van der Waals surface area contributed by atoms with Crippen LogP contribution in [0.4, 0.5) is 0 Å². The number of benzene rings is 1. The van der Waals surface area contributed by atoms with Gasteiger partial charge in [-0.1, -0.05) is 69.4 Å². The highest BCUT2D eigenvalue weighted by Gasteiger charge is 2.15. The summed E-state index contributed by atoms with van der Waals surface area (Å²) in [5, 5.41) is 9.68. The molecule has 1 aromatic carbocycles. The summed E-state index contributed by atoms with van der Waals surface area (Å²) in [5.74, 6) is -0.514. The summed E-state index contributed by atoms with van der Waals surface area (Å²) in [6.45, 7) is 2.39. The maximum absolute atomic E-state index is 11.6. The van der Waals surface area contributed by atoms with E-state index in [0.717, 1.165) is 18.4 Å². The van der Waals surface area contributed by atoms with Crippen LogP contribution in [0.25, 0.3) is 0 Å². The van der Waals surface area contributed by atoms with Crippen LogP contribution < -0.4 is 0 Å². The van der Waals surface area contributed by atoms with Crippen LogP contribution in [0, 0.1) is 0 Å². The van der Waals surface area contributed by atoms with Gasteiger partial charge in [0, 0.05) is 0 Å². The standard InChI is InChI=1S/C16H24O3/c1-2-3-4-5-9-12-15(17)16(18)19-13-14-10-7-6-8-11-14/h6-8,10-11,15,17H,2-5,9,12-13H2,1H3/t15-/m1/s1. The summed E-state index contributed by atoms with van der Waals surface area (Å²) >= 11 is 0. The number of carbonyl (C=O) groups excluding carboxylic acids is 1. The van der Waals surface area contributed by atoms with Crippen molar-refractivity contribution in [1.29, 1.82) is 0 Å². The van der Waals surface area contributed by atoms with Crippen molar-refractivity contribution in [3.8, 4) is 0 Å². The predicted octanol–water partition coefficient (Wildman–Crippen LogP) is 3.45. The normalized spacial score (nSPS) is 12.1. The largest absolute Gasteiger partial charge is 0.459 e. The average Bonchev–Trinajstić information content (AvgIpc) is 2.45. The third kappa shape index (κ3) is 6.97. The van der Waals surface area contributed by atoms with Gasteiger partial charge in [0.25, 0.3) is 0 Å². The van der Waals surface area contributed by atoms with Crippen LogP contribution in [0.2, 0.25) is 0 Å². The first-order chi connectivity index (χ1) is 9.24. The summed E-state index contributed by atoms with van der Waals surface area (Å²) < 4.78 is 5.08. The Hall–Kier alpha value is -1.35. The van der Waals surface area contributed by atoms with Gasteiger partial charge in [-0.05, 0) is 12.0 Å². The fourth-order valence-electron chi connectivity index (χ4n) is 1.88. The molecule has 0 amide bonds. The predicted molar refractivity (Wildman–Crippen MR) is 75.6 cm³/mol. The van der Waals surface area contributed by atoms with Crippen molar-refractivity contribution in [2.45, 2.75) is 58.2 Å². The minimum absolute atomic E-state index is 0.229. The Bertz CT molecular complexity index is 348. The molecule has 0 radical (unpaired) electrons. The number of hydrogen-bond donors (Lipinski definition) is 1. The van der Waals surface area contributed by atoms with E-state index in [1.165, 1.54) is 19.3 Å². The number of hydrogen-bond acceptors (Lipinski definition) is 3. The van der Waals surface area contributed by atoms with Gasteiger partial charge in [-0.3, -0.25) is 0 Å². The zero-order valence-corrected chi connectivity index (χ0v) is 11.7. The SMILES string of the molecule is CCCCCCC[C@@H](O)C(=O)OCc1ccccc1. The van der Waals surface area contributed by atoms with Crippen molar-refractivity contribution in [3.05, 3.63) is 35.9 Å². The lowest BCUT2D eigenvalue weighted by Crippen LogP contribution is -2.22. The zero-order valence-electron chi connectivity index (χ0n) is 11.7. The highest BCUT2D eigenvalue weighted by Crippen LogP contribution is 2.09. The van der Waals surface area contributed by atoms with Crippen molar-refractivity contribution in [2.75, 3.05) is 0 Å². The summed E-state index contributed by atoms with van der Waals surface area (Å²) in [6, 6.07) is 9.49. The fraction of sp³-hybridized carbons (Fsp3) is 0.562. The molecule has 3 nitrogen and oxygen atoms in total. The summed E-state index contributed by atoms with van der Waals surface area (Å²) in [4.78, 5) is 11.6. The maximum Gasteiger partial charge on any atom is 0.335 e. The molecule has 1 rings (SSSR count). The highest BCUT2D eigenvalue weighted by molar-refractivity contribution is 5.74. The van der Waals surface area contributed by atoms with Crippen LogP contribution in [0.3, 0.4) is 0 Å². The van der Waals surface area contributed by atoms with E-state index in [1.54, 1.807) is 0 Å². The minimum atomic E-state index is -0.981. The van der Waals surface area contributed by atoms with Crippen molar-refractivity contribution in [3.63, 3.8) is 0 Å². The molecule has 0 fully saturated rings. The van der Waals surface area contributed by atoms with E-state index in [2.05, 4.69) is 6.92 Å². The Kier molecular flexibility index (Phi) is 7.91. The number of ether oxygens (including phenoxy) is 1. The lowest BCUT2D eigenvalue weighted by Gasteiger charge is -2.10. The van der Waals surface area contributed by atoms with Crippen LogP contribution >= 0.6 is 0 Å². The van der Waals surface area contributed by atoms with Crippen molar-refractivity contribution in [2.24, 2.45) is 0 Å². The van der Waals surface area contributed by atoms with Crippen LogP contribution in [-0.2, 0) is 16.1 Å². The maximum atomic E-state index is 11.6. The van der Waals surface area contributed by atoms with Crippen LogP contribution in [0.5, 0.6) is 0 Å². The number of unbranched alkanes of at least 4 members (excludes halogenated alkanes) is 4. The van der Waals surface area contributed by atoms with Gasteiger partial charge < -0.3 is 9.84 Å². The molecule has 0 aliphatic carbocycles. The second kappa shape index (κ2) is 9.56. The Morgan fingerprint density at radius 2 is 1.84 bits per heavy atom. The molecule has 0 aliphatic heterocycles. The van der Waals surface area contributed by atoms with E-state index in [-0.39, 0.29) is 6.61 Å². The lowest BCUT2D eigenvalue weighted by molar-refractivity contribution is -0.155. The van der Waals surface area contributed by atoms with Crippen molar-refractivity contribution in [1.82, 2.24) is 0 Å². The number of esters is 1. The molecule has 0 saturated heterocycles. The van der Waals surface area contributed by atoms with Crippen molar-refractivity contribution >= 4 is 5.97 Å². The molecular weight excluding hydrogens is 240 g/mol. The second-order valence-electron chi connectivity index (χ2n) is 4.81. The third-order valence-electron chi connectivity index (χ3n) is 3.08. The first-order valence-corrected chi connectivity index (χ1v) is 7.12. The van der Waals surface area contributed by atoms with E-state index < -0.39 is 12.1 Å². The van der Waals surface area contributed by atoms with Gasteiger partial charge in [-0.25, -0.2) is 4.79 Å². The molecule has 1 N–H and O–H groups in total. The number of aliphatic hydroxyl groups excluding tert-OH is 1. The molecule has 0 unspecified atom stereocenters. The van der Waals surface area contributed by atoms with Crippen LogP contribution in [0.1, 0.15) is 51.0 Å². The first kappa shape index (κ1) is 15.7. The smallest absolute Gasteiger partial charge is 0.335 e. The Balaban J connectivity index is 2.14. The second-order valence-corrected chi connectivity index (χ2v) is 4.81. The molecule has 1 atom stereocenters. The molecular formula is C16H24O3. The molecule has 106 valence electrons. The van der Waals surface area contributed by atoms with Gasteiger partial charge in [-0.2, -0.15) is 0 Å². The zero-order chi connectivity index (χ0) is 13.9. The summed E-state index contributed by atoms with van der Waals surface area (Å²) in [7, 11) is 0. The first-order valence-electron chi connectivity index (χ1n) is 7.12. The summed E-state index contributed by atoms with van der Waals surface area (Å²) in [5.41, 5.74) is 0.936. The van der Waals surface area contributed by atoms with Crippen LogP contribution in [0.15, 0.2) is 30.3 Å². The molecule has 0 spiro atoms. The van der Waals surface area contributed by atoms with Crippen molar-refractivity contribution < 1.29 is 14.6 Å². The highest BCUT2D eigenvalue weighted by atomic mass is 16.5. The quantitative estimate of drug-likeness (QED) is 0.549. The third-order valence-corrected chi connectivity index (χ3v) is 3.08. The number of aliphatic hydroxyl groups is 1. The number of rotatable bonds is 9. The Labute approximate surface area is 115 Å². The van der Waals surface area contributed by atoms with Gasteiger partial charge >= 0.3 is 5.97 Å². The van der Waals surface area contributed by atoms with Gasteiger partial charge in [0.2, 0.25) is 0 Å². The van der Waals surface area contributed by atoms with E-state index in [9.17, 15) is 9.90 Å². The minimum Gasteiger partial charge on any atom is -0.459 e. The van der Waals surface area contributed by atoms with E-state index in [0.29, 0.717) is 6.42 Å². The van der Waals surface area contributed by atoms with E-state index >= 15 is 0 Å². The Morgan fingerprint density at radius 3 is 2.53 bits per heavy atom. The number of carbonyl (C=O) groups is 1. The topological polar surface area (TPSA) is 46.5 Å². The van der Waals surface area contributed by atoms with Gasteiger partial charge in [0.1, 0.15) is 6.61 Å². The summed E-state index contributed by atoms with van der Waals surface area (Å²) in [6.07, 6.45) is 5.04. The van der Waals surface area contributed by atoms with E-state index in [1.807, 2.05) is 30.3 Å². The molecule has 3 heteroatoms. The molecule has 1 aromatic rings. The fourth-order valence-corrected chi connectivity index (χ4v) is 1.88. The molecule has 0 aliphatic rings. The van der Waals surface area contributed by atoms with Gasteiger partial charge in [0.05, 0.1) is 0 Å².